The van der Waals surface area contributed by atoms with Gasteiger partial charge in [0.05, 0.1) is 5.92 Å². The van der Waals surface area contributed by atoms with Crippen molar-refractivity contribution in [2.24, 2.45) is 11.8 Å². The van der Waals surface area contributed by atoms with Gasteiger partial charge < -0.3 is 4.52 Å². The van der Waals surface area contributed by atoms with E-state index in [9.17, 15) is 0 Å². The van der Waals surface area contributed by atoms with Crippen molar-refractivity contribution in [2.75, 3.05) is 7.05 Å². The van der Waals surface area contributed by atoms with E-state index in [1.165, 1.54) is 70.6 Å². The van der Waals surface area contributed by atoms with Crippen LogP contribution in [0.25, 0.3) is 0 Å². The molecule has 2 bridgehead atoms. The molecule has 2 aliphatic carbocycles. The Morgan fingerprint density at radius 3 is 2.50 bits per heavy atom. The molecule has 0 radical (unpaired) electrons. The third-order valence-electron chi connectivity index (χ3n) is 8.39. The zero-order valence-electron chi connectivity index (χ0n) is 16.9. The lowest BCUT2D eigenvalue weighted by Crippen LogP contribution is -2.47. The number of hydrogen-bond acceptors (Lipinski definition) is 4. The number of piperidine rings is 1. The molecule has 2 saturated carbocycles. The lowest BCUT2D eigenvalue weighted by atomic mass is 9.68. The molecular formula is C22H33BrClN3O. The van der Waals surface area contributed by atoms with Crippen LogP contribution < -0.4 is 0 Å². The highest BCUT2D eigenvalue weighted by molar-refractivity contribution is 9.09. The molecule has 156 valence electrons. The van der Waals surface area contributed by atoms with Crippen LogP contribution in [0.5, 0.6) is 0 Å². The Morgan fingerprint density at radius 1 is 1.00 bits per heavy atom. The molecule has 4 unspecified atom stereocenters. The molecular weight excluding hydrogens is 438 g/mol. The third kappa shape index (κ3) is 3.69. The van der Waals surface area contributed by atoms with Crippen LogP contribution in [0, 0.1) is 11.8 Å². The van der Waals surface area contributed by atoms with Crippen LogP contribution in [0.4, 0.5) is 0 Å². The van der Waals surface area contributed by atoms with E-state index in [4.69, 9.17) is 21.1 Å². The molecule has 5 rings (SSSR count). The van der Waals surface area contributed by atoms with Gasteiger partial charge in [0.1, 0.15) is 0 Å². The molecule has 0 amide bonds. The molecule has 2 aliphatic heterocycles. The summed E-state index contributed by atoms with van der Waals surface area (Å²) in [6.07, 6.45) is 13.6. The van der Waals surface area contributed by atoms with Crippen LogP contribution in [0.2, 0.25) is 0 Å². The molecule has 4 nitrogen and oxygen atoms in total. The smallest absolute Gasteiger partial charge is 0.231 e. The van der Waals surface area contributed by atoms with Gasteiger partial charge in [0, 0.05) is 28.2 Å². The maximum Gasteiger partial charge on any atom is 0.231 e. The number of fused-ring (bicyclic) bond motifs is 2. The van der Waals surface area contributed by atoms with Crippen molar-refractivity contribution >= 4 is 27.5 Å². The topological polar surface area (TPSA) is 42.2 Å². The summed E-state index contributed by atoms with van der Waals surface area (Å²) in [4.78, 5) is 8.33. The van der Waals surface area contributed by atoms with Gasteiger partial charge in [0.2, 0.25) is 5.89 Å². The lowest BCUT2D eigenvalue weighted by Gasteiger charge is -2.45. The van der Waals surface area contributed by atoms with Crippen LogP contribution >= 0.6 is 27.5 Å². The minimum absolute atomic E-state index is 0.386. The number of rotatable bonds is 3. The number of hydrogen-bond donors (Lipinski definition) is 0. The van der Waals surface area contributed by atoms with E-state index in [0.29, 0.717) is 34.0 Å². The molecule has 4 atom stereocenters. The van der Waals surface area contributed by atoms with Gasteiger partial charge in [-0.2, -0.15) is 4.98 Å². The van der Waals surface area contributed by atoms with Gasteiger partial charge in [-0.3, -0.25) is 4.90 Å². The van der Waals surface area contributed by atoms with Gasteiger partial charge in [-0.05, 0) is 89.5 Å². The second-order valence-corrected chi connectivity index (χ2v) is 11.8. The first-order valence-corrected chi connectivity index (χ1v) is 12.8. The summed E-state index contributed by atoms with van der Waals surface area (Å²) in [5.41, 5.74) is 0. The van der Waals surface area contributed by atoms with Crippen LogP contribution in [0.1, 0.15) is 94.2 Å². The van der Waals surface area contributed by atoms with Crippen LogP contribution in [0.15, 0.2) is 4.52 Å². The quantitative estimate of drug-likeness (QED) is 0.519. The summed E-state index contributed by atoms with van der Waals surface area (Å²) in [6, 6.07) is 1.32. The fraction of sp³-hybridized carbons (Fsp3) is 0.909. The highest BCUT2D eigenvalue weighted by Crippen LogP contribution is 2.52. The predicted molar refractivity (Wildman–Crippen MR) is 115 cm³/mol. The Labute approximate surface area is 182 Å². The van der Waals surface area contributed by atoms with E-state index in [-0.39, 0.29) is 0 Å². The average Bonchev–Trinajstić information content (AvgIpc) is 3.26. The first-order chi connectivity index (χ1) is 13.6. The van der Waals surface area contributed by atoms with Crippen LogP contribution in [-0.2, 0) is 0 Å². The lowest BCUT2D eigenvalue weighted by molar-refractivity contribution is 0.0497. The number of halogens is 2. The molecule has 0 N–H and O–H groups in total. The van der Waals surface area contributed by atoms with Gasteiger partial charge in [0.25, 0.3) is 0 Å². The zero-order valence-corrected chi connectivity index (χ0v) is 19.2. The minimum atomic E-state index is 0.386. The molecule has 28 heavy (non-hydrogen) atoms. The van der Waals surface area contributed by atoms with Crippen molar-refractivity contribution in [2.45, 2.75) is 105 Å². The molecule has 2 saturated heterocycles. The first-order valence-electron chi connectivity index (χ1n) is 11.4. The van der Waals surface area contributed by atoms with Crippen molar-refractivity contribution in [3.8, 4) is 0 Å². The Kier molecular flexibility index (Phi) is 5.79. The SMILES string of the molecule is CN1C2CCC1C(c1nc(C3CCC(Br)CC3)no1)C(C1CCC(Cl)CC1)C2. The van der Waals surface area contributed by atoms with Gasteiger partial charge >= 0.3 is 0 Å². The second kappa shape index (κ2) is 8.19. The normalized spacial score (nSPS) is 44.7. The molecule has 1 aromatic heterocycles. The molecule has 1 aromatic rings. The highest BCUT2D eigenvalue weighted by atomic mass is 79.9. The van der Waals surface area contributed by atoms with Crippen molar-refractivity contribution in [3.05, 3.63) is 11.7 Å². The summed E-state index contributed by atoms with van der Waals surface area (Å²) in [5, 5.41) is 4.88. The average molecular weight is 471 g/mol. The number of nitrogens with zero attached hydrogens (tertiary/aromatic N) is 3. The Bertz CT molecular complexity index is 668. The van der Waals surface area contributed by atoms with Crippen LogP contribution in [-0.4, -0.2) is 44.4 Å². The Balaban J connectivity index is 1.39. The highest BCUT2D eigenvalue weighted by Gasteiger charge is 2.50. The molecule has 3 heterocycles. The van der Waals surface area contributed by atoms with Crippen molar-refractivity contribution in [1.82, 2.24) is 15.0 Å². The monoisotopic (exact) mass is 469 g/mol. The Hall–Kier alpha value is -0.130. The standard InChI is InChI=1S/C22H33BrClN3O/c1-27-17-10-11-19(27)20(18(12-17)13-4-8-16(24)9-5-13)22-25-21(26-28-22)14-2-6-15(23)7-3-14/h13-20H,2-12H2,1H3. The van der Waals surface area contributed by atoms with Gasteiger partial charge in [-0.15, -0.1) is 11.6 Å². The van der Waals surface area contributed by atoms with E-state index < -0.39 is 0 Å². The Morgan fingerprint density at radius 2 is 1.75 bits per heavy atom. The molecule has 4 fully saturated rings. The fourth-order valence-electron chi connectivity index (χ4n) is 6.70. The first kappa shape index (κ1) is 19.8. The van der Waals surface area contributed by atoms with Gasteiger partial charge in [-0.25, -0.2) is 0 Å². The number of alkyl halides is 2. The minimum Gasteiger partial charge on any atom is -0.339 e. The zero-order chi connectivity index (χ0) is 19.3. The summed E-state index contributed by atoms with van der Waals surface area (Å²) >= 11 is 10.2. The van der Waals surface area contributed by atoms with E-state index >= 15 is 0 Å². The van der Waals surface area contributed by atoms with E-state index in [0.717, 1.165) is 23.7 Å². The van der Waals surface area contributed by atoms with Gasteiger partial charge in [0.15, 0.2) is 5.82 Å². The van der Waals surface area contributed by atoms with Crippen molar-refractivity contribution in [3.63, 3.8) is 0 Å². The summed E-state index contributed by atoms with van der Waals surface area (Å²) in [6.45, 7) is 0. The van der Waals surface area contributed by atoms with E-state index in [1.54, 1.807) is 0 Å². The number of aromatic nitrogens is 2. The van der Waals surface area contributed by atoms with E-state index in [1.807, 2.05) is 0 Å². The fourth-order valence-corrected chi connectivity index (χ4v) is 7.48. The van der Waals surface area contributed by atoms with Crippen molar-refractivity contribution in [1.29, 1.82) is 0 Å². The predicted octanol–water partition coefficient (Wildman–Crippen LogP) is 5.85. The third-order valence-corrected chi connectivity index (χ3v) is 9.74. The number of likely N-dealkylation sites (N-methyl/N-ethyl adjacent to an activating group) is 1. The van der Waals surface area contributed by atoms with Crippen molar-refractivity contribution < 1.29 is 4.52 Å². The van der Waals surface area contributed by atoms with E-state index in [2.05, 4.69) is 33.0 Å². The summed E-state index contributed by atoms with van der Waals surface area (Å²) in [5.74, 6) is 4.26. The second-order valence-electron chi connectivity index (χ2n) is 9.84. The summed E-state index contributed by atoms with van der Waals surface area (Å²) in [7, 11) is 2.32. The summed E-state index contributed by atoms with van der Waals surface area (Å²) < 4.78 is 6.00. The van der Waals surface area contributed by atoms with Gasteiger partial charge in [-0.1, -0.05) is 21.1 Å². The maximum absolute atomic E-state index is 6.41. The molecule has 0 spiro atoms. The maximum atomic E-state index is 6.41. The van der Waals surface area contributed by atoms with Crippen LogP contribution in [0.3, 0.4) is 0 Å². The largest absolute Gasteiger partial charge is 0.339 e. The molecule has 6 heteroatoms. The molecule has 0 aromatic carbocycles. The molecule has 4 aliphatic rings.